The highest BCUT2D eigenvalue weighted by molar-refractivity contribution is 5.16. The maximum absolute atomic E-state index is 5.66. The van der Waals surface area contributed by atoms with E-state index in [-0.39, 0.29) is 5.60 Å². The summed E-state index contributed by atoms with van der Waals surface area (Å²) in [7, 11) is 1.73. The molecule has 0 aliphatic rings. The predicted molar refractivity (Wildman–Crippen MR) is 76.1 cm³/mol. The van der Waals surface area contributed by atoms with E-state index in [1.54, 1.807) is 13.4 Å². The lowest BCUT2D eigenvalue weighted by molar-refractivity contribution is -0.0144. The fraction of sp³-hybridized carbons (Fsp3) is 0.733. The van der Waals surface area contributed by atoms with Gasteiger partial charge in [-0.1, -0.05) is 6.92 Å². The SMILES string of the molecule is CCCNCc1ccoc1COCCC(C)(C)OC. The maximum atomic E-state index is 5.66. The van der Waals surface area contributed by atoms with Crippen LogP contribution in [-0.2, 0) is 22.6 Å². The average Bonchev–Trinajstić information content (AvgIpc) is 2.83. The Bertz CT molecular complexity index is 347. The molecule has 110 valence electrons. The van der Waals surface area contributed by atoms with Gasteiger partial charge in [-0.2, -0.15) is 0 Å². The summed E-state index contributed by atoms with van der Waals surface area (Å²) in [6, 6.07) is 2.00. The summed E-state index contributed by atoms with van der Waals surface area (Å²) >= 11 is 0. The topological polar surface area (TPSA) is 43.6 Å². The zero-order valence-corrected chi connectivity index (χ0v) is 12.6. The van der Waals surface area contributed by atoms with Crippen molar-refractivity contribution < 1.29 is 13.9 Å². The van der Waals surface area contributed by atoms with Crippen molar-refractivity contribution in [3.63, 3.8) is 0 Å². The molecule has 0 aliphatic heterocycles. The number of methoxy groups -OCH3 is 1. The highest BCUT2D eigenvalue weighted by Crippen LogP contribution is 2.15. The molecule has 0 radical (unpaired) electrons. The highest BCUT2D eigenvalue weighted by Gasteiger charge is 2.16. The Kier molecular flexibility index (Phi) is 7.13. The number of nitrogens with one attached hydrogen (secondary N) is 1. The summed E-state index contributed by atoms with van der Waals surface area (Å²) in [5, 5.41) is 3.37. The van der Waals surface area contributed by atoms with Crippen LogP contribution in [0.5, 0.6) is 0 Å². The number of hydrogen-bond donors (Lipinski definition) is 1. The van der Waals surface area contributed by atoms with Crippen LogP contribution in [0, 0.1) is 0 Å². The highest BCUT2D eigenvalue weighted by atomic mass is 16.5. The molecule has 4 heteroatoms. The molecule has 1 aromatic heterocycles. The van der Waals surface area contributed by atoms with Crippen LogP contribution in [0.3, 0.4) is 0 Å². The molecule has 0 spiro atoms. The van der Waals surface area contributed by atoms with Crippen LogP contribution >= 0.6 is 0 Å². The van der Waals surface area contributed by atoms with Gasteiger partial charge in [-0.3, -0.25) is 0 Å². The average molecular weight is 269 g/mol. The van der Waals surface area contributed by atoms with Crippen molar-refractivity contribution in [2.75, 3.05) is 20.3 Å². The first-order valence-electron chi connectivity index (χ1n) is 6.98. The molecule has 1 rings (SSSR count). The minimum atomic E-state index is -0.130. The quantitative estimate of drug-likeness (QED) is 0.663. The Morgan fingerprint density at radius 1 is 1.37 bits per heavy atom. The van der Waals surface area contributed by atoms with Crippen molar-refractivity contribution in [3.05, 3.63) is 23.7 Å². The monoisotopic (exact) mass is 269 g/mol. The molecule has 1 N–H and O–H groups in total. The van der Waals surface area contributed by atoms with E-state index in [0.29, 0.717) is 13.2 Å². The van der Waals surface area contributed by atoms with Crippen LogP contribution in [0.1, 0.15) is 44.9 Å². The lowest BCUT2D eigenvalue weighted by atomic mass is 10.1. The third kappa shape index (κ3) is 6.23. The van der Waals surface area contributed by atoms with Crippen LogP contribution in [0.4, 0.5) is 0 Å². The first-order valence-corrected chi connectivity index (χ1v) is 6.98. The van der Waals surface area contributed by atoms with Gasteiger partial charge in [0, 0.05) is 25.8 Å². The molecule has 0 bridgehead atoms. The van der Waals surface area contributed by atoms with Crippen molar-refractivity contribution in [2.24, 2.45) is 0 Å². The number of rotatable bonds is 10. The van der Waals surface area contributed by atoms with Gasteiger partial charge in [0.1, 0.15) is 12.4 Å². The normalized spacial score (nSPS) is 12.0. The molecule has 0 saturated carbocycles. The number of ether oxygens (including phenoxy) is 2. The van der Waals surface area contributed by atoms with E-state index in [1.807, 2.05) is 6.07 Å². The second kappa shape index (κ2) is 8.35. The van der Waals surface area contributed by atoms with E-state index in [2.05, 4.69) is 26.1 Å². The molecular formula is C15H27NO3. The smallest absolute Gasteiger partial charge is 0.133 e. The summed E-state index contributed by atoms with van der Waals surface area (Å²) in [6.45, 7) is 9.33. The van der Waals surface area contributed by atoms with Crippen molar-refractivity contribution >= 4 is 0 Å². The largest absolute Gasteiger partial charge is 0.467 e. The van der Waals surface area contributed by atoms with E-state index in [9.17, 15) is 0 Å². The van der Waals surface area contributed by atoms with Gasteiger partial charge in [0.15, 0.2) is 0 Å². The van der Waals surface area contributed by atoms with Gasteiger partial charge in [0.05, 0.1) is 11.9 Å². The minimum Gasteiger partial charge on any atom is -0.467 e. The molecule has 0 fully saturated rings. The molecule has 0 amide bonds. The van der Waals surface area contributed by atoms with Gasteiger partial charge in [0.2, 0.25) is 0 Å². The van der Waals surface area contributed by atoms with Crippen molar-refractivity contribution in [2.45, 2.75) is 52.4 Å². The van der Waals surface area contributed by atoms with Gasteiger partial charge < -0.3 is 19.2 Å². The van der Waals surface area contributed by atoms with E-state index in [0.717, 1.165) is 31.7 Å². The van der Waals surface area contributed by atoms with Crippen LogP contribution < -0.4 is 5.32 Å². The molecule has 0 saturated heterocycles. The molecule has 0 unspecified atom stereocenters. The summed E-state index contributed by atoms with van der Waals surface area (Å²) < 4.78 is 16.5. The third-order valence-corrected chi connectivity index (χ3v) is 3.21. The molecule has 0 atom stereocenters. The van der Waals surface area contributed by atoms with Gasteiger partial charge in [0.25, 0.3) is 0 Å². The summed E-state index contributed by atoms with van der Waals surface area (Å²) in [5.74, 6) is 0.916. The van der Waals surface area contributed by atoms with Crippen molar-refractivity contribution in [1.29, 1.82) is 0 Å². The van der Waals surface area contributed by atoms with Gasteiger partial charge >= 0.3 is 0 Å². The van der Waals surface area contributed by atoms with Gasteiger partial charge in [-0.05, 0) is 39.3 Å². The molecule has 0 aromatic carbocycles. The van der Waals surface area contributed by atoms with Crippen LogP contribution in [0.15, 0.2) is 16.7 Å². The molecule has 1 heterocycles. The minimum absolute atomic E-state index is 0.130. The van der Waals surface area contributed by atoms with Crippen LogP contribution in [0.2, 0.25) is 0 Å². The van der Waals surface area contributed by atoms with Gasteiger partial charge in [-0.15, -0.1) is 0 Å². The van der Waals surface area contributed by atoms with Crippen LogP contribution in [0.25, 0.3) is 0 Å². The zero-order chi connectivity index (χ0) is 14.1. The molecule has 0 aliphatic carbocycles. The lowest BCUT2D eigenvalue weighted by Gasteiger charge is -2.22. The number of furan rings is 1. The molecular weight excluding hydrogens is 242 g/mol. The lowest BCUT2D eigenvalue weighted by Crippen LogP contribution is -2.24. The second-order valence-electron chi connectivity index (χ2n) is 5.31. The summed E-state index contributed by atoms with van der Waals surface area (Å²) in [4.78, 5) is 0. The zero-order valence-electron chi connectivity index (χ0n) is 12.6. The van der Waals surface area contributed by atoms with Crippen molar-refractivity contribution in [3.8, 4) is 0 Å². The Morgan fingerprint density at radius 2 is 2.16 bits per heavy atom. The predicted octanol–water partition coefficient (Wildman–Crippen LogP) is 3.11. The van der Waals surface area contributed by atoms with Crippen LogP contribution in [-0.4, -0.2) is 25.9 Å². The molecule has 4 nitrogen and oxygen atoms in total. The number of hydrogen-bond acceptors (Lipinski definition) is 4. The molecule has 1 aromatic rings. The first kappa shape index (κ1) is 16.2. The fourth-order valence-electron chi connectivity index (χ4n) is 1.64. The standard InChI is InChI=1S/C15H27NO3/c1-5-8-16-11-13-6-9-19-14(13)12-18-10-7-15(2,3)17-4/h6,9,16H,5,7-8,10-12H2,1-4H3. The summed E-state index contributed by atoms with van der Waals surface area (Å²) in [6.07, 6.45) is 3.73. The summed E-state index contributed by atoms with van der Waals surface area (Å²) in [5.41, 5.74) is 1.05. The van der Waals surface area contributed by atoms with E-state index in [1.165, 1.54) is 5.56 Å². The Morgan fingerprint density at radius 3 is 2.84 bits per heavy atom. The van der Waals surface area contributed by atoms with E-state index >= 15 is 0 Å². The first-order chi connectivity index (χ1) is 9.09. The Labute approximate surface area is 116 Å². The maximum Gasteiger partial charge on any atom is 0.133 e. The Balaban J connectivity index is 2.27. The van der Waals surface area contributed by atoms with E-state index < -0.39 is 0 Å². The molecule has 19 heavy (non-hydrogen) atoms. The fourth-order valence-corrected chi connectivity index (χ4v) is 1.64. The van der Waals surface area contributed by atoms with Gasteiger partial charge in [-0.25, -0.2) is 0 Å². The Hall–Kier alpha value is -0.840. The van der Waals surface area contributed by atoms with Crippen molar-refractivity contribution in [1.82, 2.24) is 5.32 Å². The van der Waals surface area contributed by atoms with E-state index in [4.69, 9.17) is 13.9 Å². The third-order valence-electron chi connectivity index (χ3n) is 3.21. The second-order valence-corrected chi connectivity index (χ2v) is 5.31.